The van der Waals surface area contributed by atoms with Crippen LogP contribution in [0.5, 0.6) is 0 Å². The molecule has 4 N–H and O–H groups in total. The van der Waals surface area contributed by atoms with E-state index in [1.165, 1.54) is 0 Å². The number of aryl methyl sites for hydroxylation is 1. The molecular weight excluding hydrogens is 566 g/mol. The first-order chi connectivity index (χ1) is 21.4. The second kappa shape index (κ2) is 18.0. The van der Waals surface area contributed by atoms with E-state index in [0.29, 0.717) is 11.1 Å². The minimum absolute atomic E-state index is 0.00951. The summed E-state index contributed by atoms with van der Waals surface area (Å²) in [5.74, 6) is -3.43. The van der Waals surface area contributed by atoms with Gasteiger partial charge in [0.1, 0.15) is 18.1 Å². The van der Waals surface area contributed by atoms with Gasteiger partial charge in [-0.1, -0.05) is 110 Å². The largest absolute Gasteiger partial charge is 0.480 e. The zero-order chi connectivity index (χ0) is 33.5. The van der Waals surface area contributed by atoms with Crippen LogP contribution in [-0.2, 0) is 25.6 Å². The Labute approximate surface area is 266 Å². The third kappa shape index (κ3) is 11.6. The topological polar surface area (TPSA) is 125 Å². The highest BCUT2D eigenvalue weighted by molar-refractivity contribution is 5.94. The van der Waals surface area contributed by atoms with Gasteiger partial charge in [-0.25, -0.2) is 4.79 Å². The molecule has 2 rings (SSSR count). The maximum Gasteiger partial charge on any atom is 0.326 e. The number of carboxylic acids is 1. The number of benzene rings is 2. The van der Waals surface area contributed by atoms with Gasteiger partial charge in [0.2, 0.25) is 17.7 Å². The van der Waals surface area contributed by atoms with Gasteiger partial charge in [-0.05, 0) is 49.9 Å². The maximum atomic E-state index is 13.8. The molecule has 0 aliphatic heterocycles. The number of carboxylic acid groups (broad SMARTS) is 1. The predicted octanol–water partition coefficient (Wildman–Crippen LogP) is 5.57. The van der Waals surface area contributed by atoms with E-state index in [0.717, 1.165) is 22.3 Å². The van der Waals surface area contributed by atoms with Crippen molar-refractivity contribution < 1.29 is 24.3 Å². The van der Waals surface area contributed by atoms with Crippen molar-refractivity contribution >= 4 is 29.8 Å². The Balaban J connectivity index is 2.35. The van der Waals surface area contributed by atoms with Crippen LogP contribution in [-0.4, -0.2) is 46.9 Å². The first-order valence-electron chi connectivity index (χ1n) is 14.9. The van der Waals surface area contributed by atoms with Gasteiger partial charge in [-0.15, -0.1) is 0 Å². The molecule has 2 aromatic rings. The van der Waals surface area contributed by atoms with E-state index in [1.54, 1.807) is 44.2 Å². The Hall–Kier alpha value is -4.98. The fourth-order valence-electron chi connectivity index (χ4n) is 4.79. The standard InChI is InChI=1S/C37H45N3O5/c1-8-14-24(4)20-31(38-34(41)27(7)30-19-18-29(10-3)26(6)22-30)35(42)39-32(23-28-16-12-11-13-17-28)36(43)40-33(37(44)45)21-25(5)15-9-2/h8-19,22,27,31-33H,3-5,20-21,23H2,1-2,6-7H3,(H,38,41)(H,39,42)(H,40,43)(H,44,45)/b14-8-,15-9-/t27-,31+,32+,33+/m0/s1. The Morgan fingerprint density at radius 1 is 0.800 bits per heavy atom. The van der Waals surface area contributed by atoms with Gasteiger partial charge in [0.25, 0.3) is 0 Å². The number of hydrogen-bond donors (Lipinski definition) is 4. The molecule has 0 radical (unpaired) electrons. The third-order valence-corrected chi connectivity index (χ3v) is 7.31. The summed E-state index contributed by atoms with van der Waals surface area (Å²) in [6, 6.07) is 11.3. The van der Waals surface area contributed by atoms with Crippen LogP contribution >= 0.6 is 0 Å². The van der Waals surface area contributed by atoms with Gasteiger partial charge in [0.05, 0.1) is 5.92 Å². The first-order valence-corrected chi connectivity index (χ1v) is 14.9. The van der Waals surface area contributed by atoms with Crippen LogP contribution in [0, 0.1) is 6.92 Å². The fourth-order valence-corrected chi connectivity index (χ4v) is 4.79. The summed E-state index contributed by atoms with van der Waals surface area (Å²) in [6.45, 7) is 19.0. The number of nitrogens with one attached hydrogen (secondary N) is 3. The number of hydrogen-bond acceptors (Lipinski definition) is 4. The lowest BCUT2D eigenvalue weighted by atomic mass is 9.95. The number of carbonyl (C=O) groups excluding carboxylic acids is 3. The van der Waals surface area contributed by atoms with Gasteiger partial charge in [-0.2, -0.15) is 0 Å². The summed E-state index contributed by atoms with van der Waals surface area (Å²) >= 11 is 0. The van der Waals surface area contributed by atoms with Crippen molar-refractivity contribution in [1.82, 2.24) is 16.0 Å². The number of allylic oxidation sites excluding steroid dienone is 4. The van der Waals surface area contributed by atoms with Crippen LogP contribution in [0.25, 0.3) is 6.08 Å². The van der Waals surface area contributed by atoms with E-state index >= 15 is 0 Å². The van der Waals surface area contributed by atoms with E-state index < -0.39 is 41.8 Å². The molecule has 8 heteroatoms. The molecule has 0 spiro atoms. The molecular formula is C37H45N3O5. The second-order valence-corrected chi connectivity index (χ2v) is 11.0. The van der Waals surface area contributed by atoms with E-state index in [-0.39, 0.29) is 25.2 Å². The predicted molar refractivity (Wildman–Crippen MR) is 180 cm³/mol. The molecule has 0 bridgehead atoms. The van der Waals surface area contributed by atoms with Crippen LogP contribution in [0.15, 0.2) is 104 Å². The number of carbonyl (C=O) groups is 4. The normalized spacial score (nSPS) is 13.8. The summed E-state index contributed by atoms with van der Waals surface area (Å²) in [5, 5.41) is 18.0. The molecule has 3 amide bonds. The summed E-state index contributed by atoms with van der Waals surface area (Å²) in [6.07, 6.45) is 8.87. The molecule has 0 heterocycles. The van der Waals surface area contributed by atoms with Crippen molar-refractivity contribution in [2.75, 3.05) is 0 Å². The van der Waals surface area contributed by atoms with Crippen LogP contribution in [0.3, 0.4) is 0 Å². The lowest BCUT2D eigenvalue weighted by Gasteiger charge is -2.26. The van der Waals surface area contributed by atoms with Gasteiger partial charge in [-0.3, -0.25) is 14.4 Å². The van der Waals surface area contributed by atoms with Crippen molar-refractivity contribution in [2.45, 2.75) is 71.0 Å². The molecule has 8 nitrogen and oxygen atoms in total. The van der Waals surface area contributed by atoms with E-state index in [4.69, 9.17) is 0 Å². The molecule has 2 aromatic carbocycles. The van der Waals surface area contributed by atoms with Crippen molar-refractivity contribution in [1.29, 1.82) is 0 Å². The smallest absolute Gasteiger partial charge is 0.326 e. The van der Waals surface area contributed by atoms with Crippen LogP contribution in [0.2, 0.25) is 0 Å². The maximum absolute atomic E-state index is 13.8. The molecule has 45 heavy (non-hydrogen) atoms. The monoisotopic (exact) mass is 611 g/mol. The van der Waals surface area contributed by atoms with Crippen molar-refractivity contribution in [3.8, 4) is 0 Å². The minimum atomic E-state index is -1.25. The highest BCUT2D eigenvalue weighted by Gasteiger charge is 2.31. The first kappa shape index (κ1) is 36.2. The summed E-state index contributed by atoms with van der Waals surface area (Å²) < 4.78 is 0. The van der Waals surface area contributed by atoms with E-state index in [1.807, 2.05) is 62.4 Å². The average molecular weight is 612 g/mol. The summed E-state index contributed by atoms with van der Waals surface area (Å²) in [4.78, 5) is 52.7. The average Bonchev–Trinajstić information content (AvgIpc) is 3.00. The highest BCUT2D eigenvalue weighted by atomic mass is 16.4. The molecule has 0 fully saturated rings. The highest BCUT2D eigenvalue weighted by Crippen LogP contribution is 2.21. The molecule has 0 saturated heterocycles. The Kier molecular flexibility index (Phi) is 14.5. The minimum Gasteiger partial charge on any atom is -0.480 e. The number of amides is 3. The Morgan fingerprint density at radius 2 is 1.33 bits per heavy atom. The van der Waals surface area contributed by atoms with Crippen molar-refractivity contribution in [3.05, 3.63) is 126 Å². The Bertz CT molecular complexity index is 1460. The third-order valence-electron chi connectivity index (χ3n) is 7.31. The van der Waals surface area contributed by atoms with Gasteiger partial charge in [0, 0.05) is 19.3 Å². The molecule has 0 aliphatic rings. The lowest BCUT2D eigenvalue weighted by Crippen LogP contribution is -2.56. The quantitative estimate of drug-likeness (QED) is 0.174. The summed E-state index contributed by atoms with van der Waals surface area (Å²) in [5.41, 5.74) is 4.61. The van der Waals surface area contributed by atoms with Crippen LogP contribution < -0.4 is 16.0 Å². The summed E-state index contributed by atoms with van der Waals surface area (Å²) in [7, 11) is 0. The van der Waals surface area contributed by atoms with Gasteiger partial charge in [0.15, 0.2) is 0 Å². The Morgan fingerprint density at radius 3 is 1.87 bits per heavy atom. The SMILES string of the molecule is C=Cc1ccc([C@H](C)C(=O)N[C@H](CC(=C)/C=C\C)C(=O)N[C@H](Cc2ccccc2)C(=O)N[C@H](CC(=C)/C=C\C)C(=O)O)cc1C. The zero-order valence-electron chi connectivity index (χ0n) is 26.6. The number of rotatable bonds is 17. The second-order valence-electron chi connectivity index (χ2n) is 11.0. The molecule has 0 saturated carbocycles. The van der Waals surface area contributed by atoms with E-state index in [9.17, 15) is 24.3 Å². The van der Waals surface area contributed by atoms with E-state index in [2.05, 4.69) is 35.7 Å². The molecule has 0 unspecified atom stereocenters. The molecule has 4 atom stereocenters. The fraction of sp³-hybridized carbons (Fsp3) is 0.297. The zero-order valence-corrected chi connectivity index (χ0v) is 26.6. The van der Waals surface area contributed by atoms with Crippen molar-refractivity contribution in [2.24, 2.45) is 0 Å². The number of aliphatic carboxylic acids is 1. The lowest BCUT2D eigenvalue weighted by molar-refractivity contribution is -0.142. The molecule has 0 aromatic heterocycles. The van der Waals surface area contributed by atoms with Gasteiger partial charge < -0.3 is 21.1 Å². The van der Waals surface area contributed by atoms with Crippen LogP contribution in [0.4, 0.5) is 0 Å². The molecule has 238 valence electrons. The molecule has 0 aliphatic carbocycles. The van der Waals surface area contributed by atoms with Crippen molar-refractivity contribution in [3.63, 3.8) is 0 Å². The van der Waals surface area contributed by atoms with Gasteiger partial charge >= 0.3 is 5.97 Å². The van der Waals surface area contributed by atoms with Crippen LogP contribution in [0.1, 0.15) is 61.8 Å².